The first-order chi connectivity index (χ1) is 11.0. The molecule has 0 unspecified atom stereocenters. The minimum Gasteiger partial charge on any atom is -0.465 e. The molecule has 1 aromatic rings. The summed E-state index contributed by atoms with van der Waals surface area (Å²) in [7, 11) is 2.49. The van der Waals surface area contributed by atoms with Gasteiger partial charge in [-0.3, -0.25) is 0 Å². The average Bonchev–Trinajstić information content (AvgIpc) is 2.76. The molecular formula is C16H13ClINO4. The fourth-order valence-corrected chi connectivity index (χ4v) is 2.97. The summed E-state index contributed by atoms with van der Waals surface area (Å²) in [5.41, 5.74) is 0.667. The quantitative estimate of drug-likeness (QED) is 0.527. The molecule has 23 heavy (non-hydrogen) atoms. The zero-order chi connectivity index (χ0) is 17.0. The van der Waals surface area contributed by atoms with E-state index in [4.69, 9.17) is 21.1 Å². The van der Waals surface area contributed by atoms with Crippen molar-refractivity contribution >= 4 is 51.8 Å². The highest BCUT2D eigenvalue weighted by Crippen LogP contribution is 2.33. The number of benzene rings is 1. The minimum absolute atomic E-state index is 0.0347. The van der Waals surface area contributed by atoms with Crippen LogP contribution in [0.4, 0.5) is 5.69 Å². The predicted octanol–water partition coefficient (Wildman–Crippen LogP) is 3.43. The molecule has 7 heteroatoms. The molecule has 1 aliphatic heterocycles. The minimum atomic E-state index is -0.670. The maximum Gasteiger partial charge on any atom is 0.355 e. The fourth-order valence-electron chi connectivity index (χ4n) is 2.03. The lowest BCUT2D eigenvalue weighted by molar-refractivity contribution is -0.139. The monoisotopic (exact) mass is 445 g/mol. The van der Waals surface area contributed by atoms with Gasteiger partial charge in [-0.05, 0) is 52.9 Å². The van der Waals surface area contributed by atoms with Crippen molar-refractivity contribution in [2.45, 2.75) is 0 Å². The number of rotatable bonds is 3. The summed E-state index contributed by atoms with van der Waals surface area (Å²) < 4.78 is 10.5. The molecule has 0 atom stereocenters. The number of halogens is 2. The molecule has 0 aromatic heterocycles. The van der Waals surface area contributed by atoms with Gasteiger partial charge in [-0.2, -0.15) is 0 Å². The second-order valence-electron chi connectivity index (χ2n) is 4.41. The van der Waals surface area contributed by atoms with Crippen molar-refractivity contribution < 1.29 is 19.1 Å². The first kappa shape index (κ1) is 17.6. The number of carbonyl (C=O) groups is 2. The number of hydrogen-bond acceptors (Lipinski definition) is 5. The molecule has 1 aliphatic rings. The second-order valence-corrected chi connectivity index (χ2v) is 6.06. The molecule has 1 aromatic carbocycles. The summed E-state index contributed by atoms with van der Waals surface area (Å²) in [5, 5.41) is 0.439. The summed E-state index contributed by atoms with van der Waals surface area (Å²) in [5.74, 6) is -1.31. The molecule has 0 fully saturated rings. The van der Waals surface area contributed by atoms with Gasteiger partial charge in [0.15, 0.2) is 0 Å². The van der Waals surface area contributed by atoms with Crippen LogP contribution in [0.3, 0.4) is 0 Å². The van der Waals surface area contributed by atoms with Crippen LogP contribution in [0.1, 0.15) is 0 Å². The number of nitrogens with zero attached hydrogens (tertiary/aromatic N) is 1. The number of ether oxygens (including phenoxy) is 2. The Morgan fingerprint density at radius 2 is 1.83 bits per heavy atom. The Bertz CT molecular complexity index is 740. The molecular weight excluding hydrogens is 433 g/mol. The van der Waals surface area contributed by atoms with E-state index in [0.29, 0.717) is 10.7 Å². The van der Waals surface area contributed by atoms with Crippen LogP contribution in [0.5, 0.6) is 0 Å². The molecule has 0 saturated heterocycles. The molecule has 0 saturated carbocycles. The van der Waals surface area contributed by atoms with E-state index in [1.54, 1.807) is 30.5 Å². The van der Waals surface area contributed by atoms with Crippen LogP contribution in [-0.2, 0) is 19.1 Å². The van der Waals surface area contributed by atoms with Crippen LogP contribution >= 0.6 is 34.2 Å². The van der Waals surface area contributed by atoms with Gasteiger partial charge in [-0.15, -0.1) is 0 Å². The van der Waals surface area contributed by atoms with Crippen molar-refractivity contribution in [1.29, 1.82) is 0 Å². The van der Waals surface area contributed by atoms with Gasteiger partial charge >= 0.3 is 11.9 Å². The number of allylic oxidation sites excluding steroid dienone is 2. The highest BCUT2D eigenvalue weighted by atomic mass is 127. The molecule has 120 valence electrons. The Kier molecular flexibility index (Phi) is 5.84. The molecule has 0 amide bonds. The Morgan fingerprint density at radius 1 is 1.13 bits per heavy atom. The van der Waals surface area contributed by atoms with E-state index in [2.05, 4.69) is 22.6 Å². The normalized spacial score (nSPS) is 13.8. The summed E-state index contributed by atoms with van der Waals surface area (Å²) in [6.07, 6.45) is 6.45. The highest BCUT2D eigenvalue weighted by Gasteiger charge is 2.28. The lowest BCUT2D eigenvalue weighted by atomic mass is 10.1. The standard InChI is InChI=1S/C16H13ClINO4/c1-22-15(20)11-5-3-4-8-19(14(11)16(21)23-2)13-7-6-10(18)9-12(13)17/h3-9H,1-2H3. The first-order valence-electron chi connectivity index (χ1n) is 6.49. The highest BCUT2D eigenvalue weighted by molar-refractivity contribution is 14.1. The van der Waals surface area contributed by atoms with Crippen molar-refractivity contribution in [2.75, 3.05) is 19.1 Å². The van der Waals surface area contributed by atoms with Crippen LogP contribution < -0.4 is 4.90 Å². The molecule has 5 nitrogen and oxygen atoms in total. The molecule has 0 N–H and O–H groups in total. The lowest BCUT2D eigenvalue weighted by Gasteiger charge is -2.24. The molecule has 0 bridgehead atoms. The third-order valence-corrected chi connectivity index (χ3v) is 4.03. The van der Waals surface area contributed by atoms with Crippen LogP contribution in [0, 0.1) is 3.57 Å². The van der Waals surface area contributed by atoms with E-state index >= 15 is 0 Å². The predicted molar refractivity (Wildman–Crippen MR) is 96.0 cm³/mol. The summed E-state index contributed by atoms with van der Waals surface area (Å²) in [6, 6.07) is 5.37. The summed E-state index contributed by atoms with van der Waals surface area (Å²) in [4.78, 5) is 25.8. The van der Waals surface area contributed by atoms with Crippen molar-refractivity contribution in [2.24, 2.45) is 0 Å². The lowest BCUT2D eigenvalue weighted by Crippen LogP contribution is -2.27. The third-order valence-electron chi connectivity index (χ3n) is 3.06. The number of hydrogen-bond donors (Lipinski definition) is 0. The average molecular weight is 446 g/mol. The van der Waals surface area contributed by atoms with Gasteiger partial charge < -0.3 is 14.4 Å². The van der Waals surface area contributed by atoms with Gasteiger partial charge in [0, 0.05) is 9.77 Å². The SMILES string of the molecule is COC(=O)C1=C(C(=O)OC)N(c2ccc(I)cc2Cl)C=CC=C1. The van der Waals surface area contributed by atoms with Crippen LogP contribution in [0.25, 0.3) is 0 Å². The molecule has 2 rings (SSSR count). The van der Waals surface area contributed by atoms with Crippen LogP contribution in [0.15, 0.2) is 53.9 Å². The van der Waals surface area contributed by atoms with Crippen LogP contribution in [0.2, 0.25) is 5.02 Å². The third kappa shape index (κ3) is 3.76. The number of methoxy groups -OCH3 is 2. The van der Waals surface area contributed by atoms with Gasteiger partial charge in [0.2, 0.25) is 0 Å². The van der Waals surface area contributed by atoms with Gasteiger partial charge in [0.1, 0.15) is 5.70 Å². The number of anilines is 1. The van der Waals surface area contributed by atoms with E-state index in [9.17, 15) is 9.59 Å². The zero-order valence-corrected chi connectivity index (χ0v) is 15.3. The number of carbonyl (C=O) groups excluding carboxylic acids is 2. The Balaban J connectivity index is 2.68. The first-order valence-corrected chi connectivity index (χ1v) is 7.95. The van der Waals surface area contributed by atoms with Crippen molar-refractivity contribution in [3.05, 3.63) is 62.5 Å². The second kappa shape index (κ2) is 7.65. The van der Waals surface area contributed by atoms with E-state index < -0.39 is 11.9 Å². The molecule has 0 radical (unpaired) electrons. The van der Waals surface area contributed by atoms with Gasteiger partial charge in [-0.1, -0.05) is 17.7 Å². The van der Waals surface area contributed by atoms with Crippen LogP contribution in [-0.4, -0.2) is 26.2 Å². The Labute approximate surface area is 152 Å². The van der Waals surface area contributed by atoms with E-state index in [1.165, 1.54) is 25.2 Å². The Morgan fingerprint density at radius 3 is 2.43 bits per heavy atom. The summed E-state index contributed by atoms with van der Waals surface area (Å²) >= 11 is 8.44. The summed E-state index contributed by atoms with van der Waals surface area (Å²) in [6.45, 7) is 0. The molecule has 1 heterocycles. The maximum atomic E-state index is 12.3. The van der Waals surface area contributed by atoms with E-state index in [1.807, 2.05) is 6.07 Å². The molecule has 0 aliphatic carbocycles. The van der Waals surface area contributed by atoms with E-state index in [-0.39, 0.29) is 11.3 Å². The van der Waals surface area contributed by atoms with Gasteiger partial charge in [-0.25, -0.2) is 9.59 Å². The maximum absolute atomic E-state index is 12.3. The van der Waals surface area contributed by atoms with Gasteiger partial charge in [0.05, 0.1) is 30.5 Å². The fraction of sp³-hybridized carbons (Fsp3) is 0.125. The van der Waals surface area contributed by atoms with Crippen molar-refractivity contribution in [1.82, 2.24) is 0 Å². The van der Waals surface area contributed by atoms with Gasteiger partial charge in [0.25, 0.3) is 0 Å². The molecule has 0 spiro atoms. The van der Waals surface area contributed by atoms with E-state index in [0.717, 1.165) is 3.57 Å². The Hall–Kier alpha value is -1.80. The number of esters is 2. The smallest absolute Gasteiger partial charge is 0.355 e. The van der Waals surface area contributed by atoms with Crippen molar-refractivity contribution in [3.8, 4) is 0 Å². The largest absolute Gasteiger partial charge is 0.465 e. The topological polar surface area (TPSA) is 55.8 Å². The van der Waals surface area contributed by atoms with Crippen molar-refractivity contribution in [3.63, 3.8) is 0 Å². The zero-order valence-electron chi connectivity index (χ0n) is 12.4.